The number of aryl methyl sites for hydroxylation is 1. The normalized spacial score (nSPS) is 11.7. The highest BCUT2D eigenvalue weighted by atomic mass is 16.5. The second-order valence-corrected chi connectivity index (χ2v) is 7.46. The number of hydrogen-bond donors (Lipinski definition) is 1. The summed E-state index contributed by atoms with van der Waals surface area (Å²) < 4.78 is 13.6. The maximum absolute atomic E-state index is 11.4. The average molecular weight is 428 g/mol. The van der Waals surface area contributed by atoms with Crippen molar-refractivity contribution in [3.8, 4) is 17.2 Å². The van der Waals surface area contributed by atoms with E-state index in [1.807, 2.05) is 96.7 Å². The molecule has 1 atom stereocenters. The molecule has 0 saturated carbocycles. The summed E-state index contributed by atoms with van der Waals surface area (Å²) in [5, 5.41) is 9.33. The molecular formula is C26H24N2O4. The Balaban J connectivity index is 1.38. The number of carboxylic acid groups (broad SMARTS) is 1. The highest BCUT2D eigenvalue weighted by Crippen LogP contribution is 2.28. The van der Waals surface area contributed by atoms with Gasteiger partial charge in [0.05, 0.1) is 12.3 Å². The molecule has 0 radical (unpaired) electrons. The molecule has 162 valence electrons. The molecule has 0 amide bonds. The second kappa shape index (κ2) is 9.83. The van der Waals surface area contributed by atoms with E-state index in [0.717, 1.165) is 28.5 Å². The van der Waals surface area contributed by atoms with Crippen molar-refractivity contribution in [2.75, 3.05) is 0 Å². The highest BCUT2D eigenvalue weighted by molar-refractivity contribution is 5.68. The van der Waals surface area contributed by atoms with E-state index in [1.165, 1.54) is 0 Å². The molecule has 0 saturated heterocycles. The Bertz CT molecular complexity index is 1150. The average Bonchev–Trinajstić information content (AvgIpc) is 3.23. The van der Waals surface area contributed by atoms with Crippen LogP contribution in [0.1, 0.15) is 29.3 Å². The topological polar surface area (TPSA) is 73.6 Å². The first-order valence-electron chi connectivity index (χ1n) is 10.3. The third-order valence-electron chi connectivity index (χ3n) is 5.14. The van der Waals surface area contributed by atoms with E-state index in [-0.39, 0.29) is 12.3 Å². The largest absolute Gasteiger partial charge is 0.489 e. The van der Waals surface area contributed by atoms with Gasteiger partial charge in [-0.2, -0.15) is 0 Å². The van der Waals surface area contributed by atoms with Crippen LogP contribution in [0.4, 0.5) is 0 Å². The summed E-state index contributed by atoms with van der Waals surface area (Å²) in [6.45, 7) is 0.420. The Morgan fingerprint density at radius 1 is 0.938 bits per heavy atom. The molecule has 1 N–H and O–H groups in total. The van der Waals surface area contributed by atoms with Crippen LogP contribution >= 0.6 is 0 Å². The lowest BCUT2D eigenvalue weighted by atomic mass is 9.94. The summed E-state index contributed by atoms with van der Waals surface area (Å²) in [5.74, 6) is 1.81. The number of carboxylic acids is 1. The first-order valence-corrected chi connectivity index (χ1v) is 10.3. The highest BCUT2D eigenvalue weighted by Gasteiger charge is 2.21. The molecule has 1 aromatic heterocycles. The predicted molar refractivity (Wildman–Crippen MR) is 121 cm³/mol. The first-order chi connectivity index (χ1) is 15.6. The van der Waals surface area contributed by atoms with Gasteiger partial charge < -0.3 is 19.1 Å². The van der Waals surface area contributed by atoms with Gasteiger partial charge in [0.2, 0.25) is 0 Å². The summed E-state index contributed by atoms with van der Waals surface area (Å²) in [7, 11) is 1.87. The number of aromatic nitrogens is 2. The van der Waals surface area contributed by atoms with E-state index < -0.39 is 5.97 Å². The maximum atomic E-state index is 11.4. The summed E-state index contributed by atoms with van der Waals surface area (Å²) >= 11 is 0. The van der Waals surface area contributed by atoms with Crippen LogP contribution in [-0.4, -0.2) is 20.6 Å². The summed E-state index contributed by atoms with van der Waals surface area (Å²) in [6.07, 6.45) is 3.47. The van der Waals surface area contributed by atoms with E-state index in [4.69, 9.17) is 9.47 Å². The van der Waals surface area contributed by atoms with Gasteiger partial charge in [-0.25, -0.2) is 4.98 Å². The van der Waals surface area contributed by atoms with Crippen LogP contribution in [0.3, 0.4) is 0 Å². The summed E-state index contributed by atoms with van der Waals surface area (Å²) in [6, 6.07) is 24.9. The first kappa shape index (κ1) is 21.2. The lowest BCUT2D eigenvalue weighted by Gasteiger charge is -2.16. The van der Waals surface area contributed by atoms with Crippen molar-refractivity contribution in [1.29, 1.82) is 0 Å². The Labute approximate surface area is 186 Å². The van der Waals surface area contributed by atoms with E-state index in [1.54, 1.807) is 6.20 Å². The smallest absolute Gasteiger partial charge is 0.304 e. The van der Waals surface area contributed by atoms with E-state index >= 15 is 0 Å². The molecule has 6 nitrogen and oxygen atoms in total. The zero-order chi connectivity index (χ0) is 22.3. The second-order valence-electron chi connectivity index (χ2n) is 7.46. The van der Waals surface area contributed by atoms with Crippen LogP contribution in [0.5, 0.6) is 17.2 Å². The van der Waals surface area contributed by atoms with Gasteiger partial charge in [0.15, 0.2) is 0 Å². The molecule has 6 heteroatoms. The van der Waals surface area contributed by atoms with Crippen LogP contribution in [0, 0.1) is 0 Å². The fourth-order valence-electron chi connectivity index (χ4n) is 3.49. The van der Waals surface area contributed by atoms with Crippen molar-refractivity contribution in [1.82, 2.24) is 9.55 Å². The minimum atomic E-state index is -0.863. The summed E-state index contributed by atoms with van der Waals surface area (Å²) in [4.78, 5) is 15.7. The molecule has 0 unspecified atom stereocenters. The number of para-hydroxylation sites is 1. The molecule has 1 heterocycles. The number of nitrogens with zero attached hydrogens (tertiary/aromatic N) is 2. The number of carbonyl (C=O) groups is 1. The van der Waals surface area contributed by atoms with Crippen LogP contribution in [0.25, 0.3) is 0 Å². The van der Waals surface area contributed by atoms with Gasteiger partial charge in [0, 0.05) is 19.4 Å². The molecule has 0 aliphatic heterocycles. The van der Waals surface area contributed by atoms with Gasteiger partial charge in [-0.15, -0.1) is 0 Å². The fourth-order valence-corrected chi connectivity index (χ4v) is 3.49. The van der Waals surface area contributed by atoms with E-state index in [9.17, 15) is 9.90 Å². The molecule has 32 heavy (non-hydrogen) atoms. The number of imidazole rings is 1. The zero-order valence-corrected chi connectivity index (χ0v) is 17.7. The minimum Gasteiger partial charge on any atom is -0.489 e. The van der Waals surface area contributed by atoms with Crippen molar-refractivity contribution in [2.24, 2.45) is 7.05 Å². The van der Waals surface area contributed by atoms with Crippen LogP contribution < -0.4 is 9.47 Å². The van der Waals surface area contributed by atoms with Crippen molar-refractivity contribution in [3.05, 3.63) is 108 Å². The van der Waals surface area contributed by atoms with Gasteiger partial charge in [-0.3, -0.25) is 4.79 Å². The number of hydrogen-bond acceptors (Lipinski definition) is 4. The van der Waals surface area contributed by atoms with E-state index in [2.05, 4.69) is 4.98 Å². The predicted octanol–water partition coefficient (Wildman–Crippen LogP) is 5.40. The molecule has 4 aromatic rings. The minimum absolute atomic E-state index is 0.0253. The lowest BCUT2D eigenvalue weighted by Crippen LogP contribution is -2.12. The SMILES string of the molecule is Cn1ccnc1[C@@H](CC(=O)O)c1ccc(OCc2ccc(Oc3ccccc3)cc2)cc1. The van der Waals surface area contributed by atoms with Gasteiger partial charge in [0.1, 0.15) is 29.7 Å². The third kappa shape index (κ3) is 5.35. The van der Waals surface area contributed by atoms with E-state index in [0.29, 0.717) is 12.4 Å². The van der Waals surface area contributed by atoms with Crippen molar-refractivity contribution in [2.45, 2.75) is 18.9 Å². The van der Waals surface area contributed by atoms with Crippen LogP contribution in [0.15, 0.2) is 91.3 Å². The molecule has 0 fully saturated rings. The molecule has 4 rings (SSSR count). The van der Waals surface area contributed by atoms with Gasteiger partial charge >= 0.3 is 5.97 Å². The van der Waals surface area contributed by atoms with Crippen LogP contribution in [-0.2, 0) is 18.4 Å². The number of rotatable bonds is 9. The Morgan fingerprint density at radius 2 is 1.59 bits per heavy atom. The quantitative estimate of drug-likeness (QED) is 0.386. The molecule has 0 bridgehead atoms. The van der Waals surface area contributed by atoms with Crippen molar-refractivity contribution < 1.29 is 19.4 Å². The van der Waals surface area contributed by atoms with Crippen molar-refractivity contribution in [3.63, 3.8) is 0 Å². The number of aliphatic carboxylic acids is 1. The molecule has 3 aromatic carbocycles. The molecule has 0 aliphatic rings. The zero-order valence-electron chi connectivity index (χ0n) is 17.7. The maximum Gasteiger partial charge on any atom is 0.304 e. The van der Waals surface area contributed by atoms with Crippen molar-refractivity contribution >= 4 is 5.97 Å². The van der Waals surface area contributed by atoms with Gasteiger partial charge in [-0.1, -0.05) is 42.5 Å². The Kier molecular flexibility index (Phi) is 6.51. The number of benzene rings is 3. The third-order valence-corrected chi connectivity index (χ3v) is 5.14. The number of ether oxygens (including phenoxy) is 2. The molecule has 0 aliphatic carbocycles. The Hall–Kier alpha value is -4.06. The molecular weight excluding hydrogens is 404 g/mol. The lowest BCUT2D eigenvalue weighted by molar-refractivity contribution is -0.137. The summed E-state index contributed by atoms with van der Waals surface area (Å²) in [5.41, 5.74) is 1.91. The van der Waals surface area contributed by atoms with Gasteiger partial charge in [-0.05, 0) is 47.5 Å². The Morgan fingerprint density at radius 3 is 2.22 bits per heavy atom. The van der Waals surface area contributed by atoms with Crippen LogP contribution in [0.2, 0.25) is 0 Å². The molecule has 0 spiro atoms. The monoisotopic (exact) mass is 428 g/mol. The standard InChI is InChI=1S/C26H24N2O4/c1-28-16-15-27-26(28)24(17-25(29)30)20-9-13-21(14-10-20)31-18-19-7-11-23(12-8-19)32-22-5-3-2-4-6-22/h2-16,24H,17-18H2,1H3,(H,29,30)/t24-/m0/s1. The fraction of sp³-hybridized carbons (Fsp3) is 0.154. The van der Waals surface area contributed by atoms with Gasteiger partial charge in [0.25, 0.3) is 0 Å².